The van der Waals surface area contributed by atoms with E-state index in [-0.39, 0.29) is 36.1 Å². The van der Waals surface area contributed by atoms with Crippen LogP contribution in [0.4, 0.5) is 0 Å². The zero-order chi connectivity index (χ0) is 19.1. The van der Waals surface area contributed by atoms with Crippen molar-refractivity contribution in [3.8, 4) is 0 Å². The lowest BCUT2D eigenvalue weighted by Crippen LogP contribution is -2.52. The summed E-state index contributed by atoms with van der Waals surface area (Å²) in [6.45, 7) is 14.4. The van der Waals surface area contributed by atoms with E-state index >= 15 is 0 Å². The van der Waals surface area contributed by atoms with Gasteiger partial charge >= 0.3 is 0 Å². The van der Waals surface area contributed by atoms with Gasteiger partial charge in [0.1, 0.15) is 6.79 Å². The summed E-state index contributed by atoms with van der Waals surface area (Å²) < 4.78 is 18.2. The summed E-state index contributed by atoms with van der Waals surface area (Å²) in [7, 11) is 0. The van der Waals surface area contributed by atoms with Crippen LogP contribution in [0.25, 0.3) is 0 Å². The van der Waals surface area contributed by atoms with Gasteiger partial charge in [0.05, 0.1) is 23.9 Å². The van der Waals surface area contributed by atoms with E-state index in [4.69, 9.17) is 19.0 Å². The Morgan fingerprint density at radius 3 is 2.20 bits per heavy atom. The number of rotatable bonds is 3. The van der Waals surface area contributed by atoms with Gasteiger partial charge in [0.25, 0.3) is 0 Å². The van der Waals surface area contributed by atoms with Crippen LogP contribution >= 0.6 is 0 Å². The van der Waals surface area contributed by atoms with E-state index in [1.807, 2.05) is 13.7 Å². The summed E-state index contributed by atoms with van der Waals surface area (Å²) in [5, 5.41) is 20.5. The third-order valence-corrected chi connectivity index (χ3v) is 6.74. The van der Waals surface area contributed by atoms with Crippen molar-refractivity contribution in [1.29, 1.82) is 0 Å². The summed E-state index contributed by atoms with van der Waals surface area (Å²) in [5.41, 5.74) is -0.850. The zero-order valence-electron chi connectivity index (χ0n) is 16.2. The molecule has 1 saturated carbocycles. The van der Waals surface area contributed by atoms with Gasteiger partial charge in [0.15, 0.2) is 12.6 Å². The topological polar surface area (TPSA) is 85.2 Å². The maximum absolute atomic E-state index is 10.4. The molecule has 2 heterocycles. The second-order valence-electron chi connectivity index (χ2n) is 8.14. The highest BCUT2D eigenvalue weighted by Crippen LogP contribution is 2.60. The van der Waals surface area contributed by atoms with Crippen molar-refractivity contribution in [3.63, 3.8) is 0 Å². The number of carbonyl (C=O) groups excluding carboxylic acids is 1. The van der Waals surface area contributed by atoms with Crippen LogP contribution in [0.2, 0.25) is 0 Å². The fourth-order valence-corrected chi connectivity index (χ4v) is 4.80. The van der Waals surface area contributed by atoms with Crippen molar-refractivity contribution in [2.24, 2.45) is 29.6 Å². The van der Waals surface area contributed by atoms with Gasteiger partial charge in [-0.15, -0.1) is 0 Å². The van der Waals surface area contributed by atoms with Gasteiger partial charge in [-0.05, 0) is 32.1 Å². The Bertz CT molecular complexity index is 453. The van der Waals surface area contributed by atoms with Gasteiger partial charge in [-0.1, -0.05) is 27.7 Å². The molecular formula is C19H34O6. The molecule has 2 N–H and O–H groups in total. The molecule has 146 valence electrons. The van der Waals surface area contributed by atoms with Crippen molar-refractivity contribution in [3.05, 3.63) is 0 Å². The highest BCUT2D eigenvalue weighted by Gasteiger charge is 2.70. The lowest BCUT2D eigenvalue weighted by atomic mass is 9.81. The highest BCUT2D eigenvalue weighted by atomic mass is 16.7. The first-order valence-corrected chi connectivity index (χ1v) is 9.35. The zero-order valence-corrected chi connectivity index (χ0v) is 16.2. The minimum Gasteiger partial charge on any atom is -0.389 e. The number of carbonyl (C=O) groups is 1. The fourth-order valence-electron chi connectivity index (χ4n) is 4.80. The summed E-state index contributed by atoms with van der Waals surface area (Å²) in [5.74, 6) is 0.654. The molecule has 0 radical (unpaired) electrons. The summed E-state index contributed by atoms with van der Waals surface area (Å²) in [6, 6.07) is 0. The molecule has 0 aromatic rings. The van der Waals surface area contributed by atoms with Crippen LogP contribution in [0.5, 0.6) is 0 Å². The lowest BCUT2D eigenvalue weighted by Gasteiger charge is -2.46. The van der Waals surface area contributed by atoms with Gasteiger partial charge in [-0.3, -0.25) is 0 Å². The van der Waals surface area contributed by atoms with E-state index < -0.39 is 18.2 Å². The number of fused-ring (bicyclic) bond motifs is 1. The van der Waals surface area contributed by atoms with Crippen LogP contribution in [0.1, 0.15) is 48.0 Å². The Hall–Kier alpha value is -0.530. The molecule has 1 aliphatic carbocycles. The van der Waals surface area contributed by atoms with Crippen molar-refractivity contribution in [1.82, 2.24) is 0 Å². The van der Waals surface area contributed by atoms with E-state index in [1.54, 1.807) is 6.92 Å². The third-order valence-electron chi connectivity index (χ3n) is 6.74. The molecule has 2 saturated heterocycles. The van der Waals surface area contributed by atoms with Crippen molar-refractivity contribution in [2.45, 2.75) is 84.5 Å². The van der Waals surface area contributed by atoms with Crippen LogP contribution in [-0.4, -0.2) is 53.5 Å². The van der Waals surface area contributed by atoms with Crippen LogP contribution in [0.15, 0.2) is 0 Å². The lowest BCUT2D eigenvalue weighted by molar-refractivity contribution is -0.314. The quantitative estimate of drug-likeness (QED) is 0.802. The molecule has 0 aromatic carbocycles. The molecule has 0 aromatic heterocycles. The van der Waals surface area contributed by atoms with Gasteiger partial charge in [0, 0.05) is 17.8 Å². The van der Waals surface area contributed by atoms with E-state index in [2.05, 4.69) is 27.7 Å². The largest absolute Gasteiger partial charge is 0.389 e. The first-order chi connectivity index (χ1) is 11.7. The van der Waals surface area contributed by atoms with Crippen LogP contribution in [-0.2, 0) is 19.0 Å². The molecule has 0 spiro atoms. The van der Waals surface area contributed by atoms with E-state index in [9.17, 15) is 10.2 Å². The molecule has 6 heteroatoms. The minimum atomic E-state index is -0.951. The third kappa shape index (κ3) is 3.52. The Labute approximate surface area is 150 Å². The van der Waals surface area contributed by atoms with Crippen molar-refractivity contribution >= 4 is 6.79 Å². The molecule has 25 heavy (non-hydrogen) atoms. The summed E-state index contributed by atoms with van der Waals surface area (Å²) in [4.78, 5) is 8.00. The molecule has 2 aliphatic heterocycles. The standard InChI is InChI=1S/C18H32O5.CH2O/c1-7-12-15(9(3)8(2)11(5)21-12)22-17-10(4)13-14(16(19)23-17)18(13,6)20;1-2/h8-17,19-20H,7H2,1-6H3;1H2/t8?,9?,10?,11-,12+,13-,14+,15+,16?,17+,18?;/m1./s1. The van der Waals surface area contributed by atoms with E-state index in [1.165, 1.54) is 0 Å². The van der Waals surface area contributed by atoms with E-state index in [0.717, 1.165) is 6.42 Å². The molecule has 0 bridgehead atoms. The molecule has 11 atom stereocenters. The summed E-state index contributed by atoms with van der Waals surface area (Å²) in [6.07, 6.45) is -0.343. The average Bonchev–Trinajstić information content (AvgIpc) is 3.17. The second kappa shape index (κ2) is 7.61. The van der Waals surface area contributed by atoms with E-state index in [0.29, 0.717) is 11.8 Å². The number of hydrogen-bond donors (Lipinski definition) is 2. The molecule has 6 nitrogen and oxygen atoms in total. The van der Waals surface area contributed by atoms with Crippen LogP contribution in [0.3, 0.4) is 0 Å². The minimum absolute atomic E-state index is 0.0347. The molecule has 3 rings (SSSR count). The predicted molar refractivity (Wildman–Crippen MR) is 92.6 cm³/mol. The number of hydrogen-bond acceptors (Lipinski definition) is 6. The maximum Gasteiger partial charge on any atom is 0.164 e. The number of aliphatic hydroxyl groups excluding tert-OH is 1. The first kappa shape index (κ1) is 20.8. The SMILES string of the molecule is C=O.CC[C@@H]1O[C@H](C)C(C)C(C)[C@@H]1O[C@H]1OC(O)[C@@H]2[C@@H](C1C)C2(C)O. The van der Waals surface area contributed by atoms with Crippen molar-refractivity contribution in [2.75, 3.05) is 0 Å². The van der Waals surface area contributed by atoms with Gasteiger partial charge < -0.3 is 29.2 Å². The van der Waals surface area contributed by atoms with Gasteiger partial charge in [0.2, 0.25) is 0 Å². The van der Waals surface area contributed by atoms with Gasteiger partial charge in [-0.2, -0.15) is 0 Å². The van der Waals surface area contributed by atoms with Crippen LogP contribution < -0.4 is 0 Å². The molecular weight excluding hydrogens is 324 g/mol. The van der Waals surface area contributed by atoms with Crippen molar-refractivity contribution < 1.29 is 29.2 Å². The number of ether oxygens (including phenoxy) is 3. The average molecular weight is 358 g/mol. The Kier molecular flexibility index (Phi) is 6.32. The second-order valence-corrected chi connectivity index (χ2v) is 8.14. The first-order valence-electron chi connectivity index (χ1n) is 9.35. The highest BCUT2D eigenvalue weighted by molar-refractivity contribution is 5.14. The van der Waals surface area contributed by atoms with Crippen LogP contribution in [0, 0.1) is 29.6 Å². The Morgan fingerprint density at radius 2 is 1.64 bits per heavy atom. The number of aliphatic hydroxyl groups is 2. The Morgan fingerprint density at radius 1 is 1.04 bits per heavy atom. The predicted octanol–water partition coefficient (Wildman–Crippen LogP) is 1.96. The summed E-state index contributed by atoms with van der Waals surface area (Å²) >= 11 is 0. The molecule has 0 amide bonds. The normalized spacial score (nSPS) is 54.9. The molecule has 3 aliphatic rings. The molecule has 5 unspecified atom stereocenters. The maximum atomic E-state index is 10.4. The van der Waals surface area contributed by atoms with Gasteiger partial charge in [-0.25, -0.2) is 0 Å². The Balaban J connectivity index is 0.00000109. The fraction of sp³-hybridized carbons (Fsp3) is 0.947. The molecule has 3 fully saturated rings. The smallest absolute Gasteiger partial charge is 0.164 e. The monoisotopic (exact) mass is 358 g/mol.